The highest BCUT2D eigenvalue weighted by Crippen LogP contribution is 2.38. The van der Waals surface area contributed by atoms with Crippen LogP contribution in [0.2, 0.25) is 10.0 Å². The van der Waals surface area contributed by atoms with E-state index in [-0.39, 0.29) is 22.7 Å². The van der Waals surface area contributed by atoms with Crippen LogP contribution in [0.4, 0.5) is 10.5 Å². The fourth-order valence-electron chi connectivity index (χ4n) is 3.17. The highest BCUT2D eigenvalue weighted by atomic mass is 35.5. The van der Waals surface area contributed by atoms with Crippen LogP contribution in [0.25, 0.3) is 0 Å². The summed E-state index contributed by atoms with van der Waals surface area (Å²) in [5.74, 6) is -1.42. The third kappa shape index (κ3) is 4.65. The van der Waals surface area contributed by atoms with Gasteiger partial charge in [-0.3, -0.25) is 19.7 Å². The maximum absolute atomic E-state index is 13.1. The fourth-order valence-corrected chi connectivity index (χ4v) is 3.67. The molecule has 162 valence electrons. The van der Waals surface area contributed by atoms with E-state index < -0.39 is 29.8 Å². The molecule has 0 saturated carbocycles. The number of rotatable bonds is 5. The van der Waals surface area contributed by atoms with Gasteiger partial charge in [-0.2, -0.15) is 0 Å². The molecule has 5 amide bonds. The summed E-state index contributed by atoms with van der Waals surface area (Å²) in [5, 5.41) is 5.26. The Balaban J connectivity index is 1.94. The monoisotopic (exact) mass is 463 g/mol. The van der Waals surface area contributed by atoms with Gasteiger partial charge >= 0.3 is 6.03 Å². The van der Waals surface area contributed by atoms with Crippen molar-refractivity contribution >= 4 is 52.6 Å². The molecule has 0 bridgehead atoms. The van der Waals surface area contributed by atoms with Crippen LogP contribution >= 0.6 is 23.2 Å². The molecule has 1 atom stereocenters. The molecular formula is C21H19Cl2N3O5. The molecule has 0 saturated heterocycles. The van der Waals surface area contributed by atoms with Gasteiger partial charge in [-0.25, -0.2) is 9.69 Å². The lowest BCUT2D eigenvalue weighted by Gasteiger charge is -2.17. The minimum atomic E-state index is -1.18. The number of hydrogen-bond donors (Lipinski definition) is 2. The SMILES string of the molecule is CCCC(=O)NC(=O)N1C(=O)C(NC(=O)c2ccc(Cl)cc2Cl)c2cc(OC)ccc21. The standard InChI is InChI=1S/C21H19Cl2N3O5/c1-3-4-17(27)24-21(30)26-16-8-6-12(31-2)10-14(16)18(20(26)29)25-19(28)13-7-5-11(22)9-15(13)23/h5-10,18H,3-4H2,1-2H3,(H,25,28)(H,24,27,30). The molecule has 2 aromatic carbocycles. The van der Waals surface area contributed by atoms with E-state index >= 15 is 0 Å². The number of fused-ring (bicyclic) bond motifs is 1. The van der Waals surface area contributed by atoms with Crippen LogP contribution in [0.15, 0.2) is 36.4 Å². The molecule has 31 heavy (non-hydrogen) atoms. The molecule has 0 fully saturated rings. The molecule has 2 N–H and O–H groups in total. The van der Waals surface area contributed by atoms with Gasteiger partial charge in [0, 0.05) is 17.0 Å². The molecule has 0 aliphatic carbocycles. The van der Waals surface area contributed by atoms with E-state index in [1.54, 1.807) is 19.1 Å². The number of imide groups is 2. The van der Waals surface area contributed by atoms with Crippen molar-refractivity contribution in [1.29, 1.82) is 0 Å². The van der Waals surface area contributed by atoms with Crippen molar-refractivity contribution < 1.29 is 23.9 Å². The number of anilines is 1. The van der Waals surface area contributed by atoms with Crippen molar-refractivity contribution in [3.63, 3.8) is 0 Å². The number of nitrogens with one attached hydrogen (secondary N) is 2. The quantitative estimate of drug-likeness (QED) is 0.700. The minimum absolute atomic E-state index is 0.112. The Hall–Kier alpha value is -3.10. The molecule has 0 spiro atoms. The Morgan fingerprint density at radius 3 is 2.52 bits per heavy atom. The first-order chi connectivity index (χ1) is 14.8. The molecule has 1 heterocycles. The van der Waals surface area contributed by atoms with E-state index in [1.807, 2.05) is 0 Å². The van der Waals surface area contributed by atoms with Gasteiger partial charge in [0.05, 0.1) is 23.4 Å². The predicted octanol–water partition coefficient (Wildman–Crippen LogP) is 3.86. The van der Waals surface area contributed by atoms with Gasteiger partial charge < -0.3 is 10.1 Å². The number of ether oxygens (including phenoxy) is 1. The second kappa shape index (κ2) is 9.36. The van der Waals surface area contributed by atoms with E-state index in [4.69, 9.17) is 27.9 Å². The van der Waals surface area contributed by atoms with Crippen LogP contribution < -0.4 is 20.3 Å². The van der Waals surface area contributed by atoms with Gasteiger partial charge in [0.2, 0.25) is 5.91 Å². The van der Waals surface area contributed by atoms with Crippen LogP contribution in [-0.2, 0) is 9.59 Å². The van der Waals surface area contributed by atoms with Crippen LogP contribution in [0.3, 0.4) is 0 Å². The second-order valence-electron chi connectivity index (χ2n) is 6.73. The van der Waals surface area contributed by atoms with E-state index in [1.165, 1.54) is 31.4 Å². The summed E-state index contributed by atoms with van der Waals surface area (Å²) in [6.07, 6.45) is 0.680. The Labute approximate surface area is 188 Å². The lowest BCUT2D eigenvalue weighted by Crippen LogP contribution is -2.47. The van der Waals surface area contributed by atoms with Crippen LogP contribution in [0.1, 0.15) is 41.7 Å². The summed E-state index contributed by atoms with van der Waals surface area (Å²) in [7, 11) is 1.45. The van der Waals surface area contributed by atoms with E-state index in [2.05, 4.69) is 10.6 Å². The van der Waals surface area contributed by atoms with Crippen molar-refractivity contribution in [2.45, 2.75) is 25.8 Å². The Kier molecular flexibility index (Phi) is 6.82. The molecule has 2 aromatic rings. The van der Waals surface area contributed by atoms with Gasteiger partial charge in [-0.15, -0.1) is 0 Å². The predicted molar refractivity (Wildman–Crippen MR) is 116 cm³/mol. The largest absolute Gasteiger partial charge is 0.497 e. The first kappa shape index (κ1) is 22.6. The third-order valence-electron chi connectivity index (χ3n) is 4.63. The fraction of sp³-hybridized carbons (Fsp3) is 0.238. The number of nitrogens with zero attached hydrogens (tertiary/aromatic N) is 1. The molecule has 1 aliphatic heterocycles. The van der Waals surface area contributed by atoms with Crippen LogP contribution in [0, 0.1) is 0 Å². The van der Waals surface area contributed by atoms with Gasteiger partial charge in [0.1, 0.15) is 11.8 Å². The summed E-state index contributed by atoms with van der Waals surface area (Å²) in [6, 6.07) is 6.88. The van der Waals surface area contributed by atoms with E-state index in [0.717, 1.165) is 4.90 Å². The maximum Gasteiger partial charge on any atom is 0.335 e. The van der Waals surface area contributed by atoms with Gasteiger partial charge in [-0.1, -0.05) is 30.1 Å². The second-order valence-corrected chi connectivity index (χ2v) is 7.58. The number of hydrogen-bond acceptors (Lipinski definition) is 5. The van der Waals surface area contributed by atoms with Crippen molar-refractivity contribution in [2.75, 3.05) is 12.0 Å². The maximum atomic E-state index is 13.1. The number of carbonyl (C=O) groups is 4. The lowest BCUT2D eigenvalue weighted by molar-refractivity contribution is -0.120. The highest BCUT2D eigenvalue weighted by molar-refractivity contribution is 6.36. The van der Waals surface area contributed by atoms with Crippen LogP contribution in [-0.4, -0.2) is 30.9 Å². The zero-order valence-corrected chi connectivity index (χ0v) is 18.2. The van der Waals surface area contributed by atoms with E-state index in [0.29, 0.717) is 22.8 Å². The summed E-state index contributed by atoms with van der Waals surface area (Å²) >= 11 is 12.0. The van der Waals surface area contributed by atoms with Gasteiger partial charge in [0.15, 0.2) is 0 Å². The average molecular weight is 464 g/mol. The lowest BCUT2D eigenvalue weighted by atomic mass is 10.1. The van der Waals surface area contributed by atoms with Crippen LogP contribution in [0.5, 0.6) is 5.75 Å². The minimum Gasteiger partial charge on any atom is -0.497 e. The summed E-state index contributed by atoms with van der Waals surface area (Å²) < 4.78 is 5.20. The van der Waals surface area contributed by atoms with E-state index in [9.17, 15) is 19.2 Å². The molecule has 8 nitrogen and oxygen atoms in total. The van der Waals surface area contributed by atoms with Crippen molar-refractivity contribution in [2.24, 2.45) is 0 Å². The Bertz CT molecular complexity index is 1070. The number of urea groups is 1. The normalized spacial score (nSPS) is 14.8. The summed E-state index contributed by atoms with van der Waals surface area (Å²) in [4.78, 5) is 51.2. The zero-order valence-electron chi connectivity index (χ0n) is 16.7. The molecule has 10 heteroatoms. The Morgan fingerprint density at radius 2 is 1.87 bits per heavy atom. The number of halogens is 2. The molecule has 1 unspecified atom stereocenters. The van der Waals surface area contributed by atoms with Gasteiger partial charge in [-0.05, 0) is 42.8 Å². The topological polar surface area (TPSA) is 105 Å². The highest BCUT2D eigenvalue weighted by Gasteiger charge is 2.42. The average Bonchev–Trinajstić information content (AvgIpc) is 2.98. The number of benzene rings is 2. The Morgan fingerprint density at radius 1 is 1.13 bits per heavy atom. The smallest absolute Gasteiger partial charge is 0.335 e. The first-order valence-electron chi connectivity index (χ1n) is 9.38. The van der Waals surface area contributed by atoms with Crippen molar-refractivity contribution in [3.05, 3.63) is 57.6 Å². The molecule has 0 radical (unpaired) electrons. The first-order valence-corrected chi connectivity index (χ1v) is 10.1. The number of carbonyl (C=O) groups excluding carboxylic acids is 4. The molecular weight excluding hydrogens is 445 g/mol. The van der Waals surface area contributed by atoms with Gasteiger partial charge in [0.25, 0.3) is 11.8 Å². The van der Waals surface area contributed by atoms with Crippen molar-refractivity contribution in [3.8, 4) is 5.75 Å². The zero-order chi connectivity index (χ0) is 22.7. The summed E-state index contributed by atoms with van der Waals surface area (Å²) in [5.41, 5.74) is 0.699. The molecule has 0 aromatic heterocycles. The third-order valence-corrected chi connectivity index (χ3v) is 5.18. The summed E-state index contributed by atoms with van der Waals surface area (Å²) in [6.45, 7) is 1.79. The molecule has 1 aliphatic rings. The number of methoxy groups -OCH3 is 1. The number of amides is 5. The van der Waals surface area contributed by atoms with Crippen molar-refractivity contribution in [1.82, 2.24) is 10.6 Å². The molecule has 3 rings (SSSR count).